The third-order valence-corrected chi connectivity index (χ3v) is 5.76. The van der Waals surface area contributed by atoms with Gasteiger partial charge in [0.15, 0.2) is 5.82 Å². The second-order valence-corrected chi connectivity index (χ2v) is 8.20. The van der Waals surface area contributed by atoms with Crippen LogP contribution in [0.25, 0.3) is 0 Å². The van der Waals surface area contributed by atoms with Gasteiger partial charge in [-0.15, -0.1) is 0 Å². The summed E-state index contributed by atoms with van der Waals surface area (Å²) in [6.45, 7) is 7.61. The van der Waals surface area contributed by atoms with Crippen molar-refractivity contribution in [2.24, 2.45) is 11.8 Å². The molecule has 2 aliphatic rings. The van der Waals surface area contributed by atoms with Crippen LogP contribution < -0.4 is 0 Å². The Hall–Kier alpha value is -2.24. The number of carbonyl (C=O) groups is 1. The molecule has 4 rings (SSSR count). The van der Waals surface area contributed by atoms with E-state index in [-0.39, 0.29) is 11.3 Å². The first-order valence-corrected chi connectivity index (χ1v) is 9.54. The zero-order valence-electron chi connectivity index (χ0n) is 15.7. The molecule has 0 bridgehead atoms. The van der Waals surface area contributed by atoms with Crippen molar-refractivity contribution in [3.63, 3.8) is 0 Å². The maximum Gasteiger partial charge on any atom is 0.272 e. The average molecular weight is 354 g/mol. The Morgan fingerprint density at radius 2 is 2.23 bits per heavy atom. The zero-order chi connectivity index (χ0) is 18.3. The molecule has 138 valence electrons. The molecular formula is C20H26N4O2. The molecule has 1 saturated carbocycles. The first kappa shape index (κ1) is 17.2. The van der Waals surface area contributed by atoms with Crippen LogP contribution in [0.15, 0.2) is 22.7 Å². The molecule has 1 amide bonds. The van der Waals surface area contributed by atoms with Crippen LogP contribution in [0.1, 0.15) is 61.0 Å². The van der Waals surface area contributed by atoms with E-state index in [9.17, 15) is 4.79 Å². The minimum atomic E-state index is -0.155. The summed E-state index contributed by atoms with van der Waals surface area (Å²) >= 11 is 0. The quantitative estimate of drug-likeness (QED) is 0.843. The largest absolute Gasteiger partial charge is 0.339 e. The van der Waals surface area contributed by atoms with Gasteiger partial charge < -0.3 is 9.42 Å². The van der Waals surface area contributed by atoms with Gasteiger partial charge in [-0.2, -0.15) is 4.98 Å². The van der Waals surface area contributed by atoms with Gasteiger partial charge >= 0.3 is 0 Å². The van der Waals surface area contributed by atoms with E-state index in [4.69, 9.17) is 9.51 Å². The molecule has 1 aliphatic carbocycles. The Balaban J connectivity index is 1.59. The van der Waals surface area contributed by atoms with Crippen LogP contribution in [0.3, 0.4) is 0 Å². The molecule has 3 heterocycles. The van der Waals surface area contributed by atoms with Crippen molar-refractivity contribution in [1.82, 2.24) is 20.0 Å². The molecule has 26 heavy (non-hydrogen) atoms. The maximum absolute atomic E-state index is 13.0. The minimum Gasteiger partial charge on any atom is -0.339 e. The third kappa shape index (κ3) is 2.91. The van der Waals surface area contributed by atoms with E-state index in [1.54, 1.807) is 6.07 Å². The number of aromatic nitrogens is 3. The monoisotopic (exact) mass is 354 g/mol. The van der Waals surface area contributed by atoms with Crippen LogP contribution in [0.4, 0.5) is 0 Å². The Morgan fingerprint density at radius 3 is 3.00 bits per heavy atom. The van der Waals surface area contributed by atoms with Gasteiger partial charge in [-0.1, -0.05) is 31.5 Å². The number of amides is 1. The number of rotatable bonds is 4. The van der Waals surface area contributed by atoms with Gasteiger partial charge in [0, 0.05) is 25.2 Å². The minimum absolute atomic E-state index is 0.00775. The van der Waals surface area contributed by atoms with E-state index >= 15 is 0 Å². The molecule has 2 fully saturated rings. The van der Waals surface area contributed by atoms with Crippen molar-refractivity contribution in [3.05, 3.63) is 41.3 Å². The van der Waals surface area contributed by atoms with E-state index in [0.29, 0.717) is 30.0 Å². The van der Waals surface area contributed by atoms with Crippen molar-refractivity contribution >= 4 is 5.91 Å². The molecule has 0 spiro atoms. The lowest BCUT2D eigenvalue weighted by Gasteiger charge is -2.24. The Kier molecular flexibility index (Phi) is 4.29. The predicted molar refractivity (Wildman–Crippen MR) is 96.7 cm³/mol. The van der Waals surface area contributed by atoms with Gasteiger partial charge in [-0.3, -0.25) is 4.79 Å². The SMILES string of the molecule is Cc1cccc(C(=O)N2C[C@H]3CCC[C@@]3(c3noc(CC(C)C)n3)C2)n1. The first-order valence-electron chi connectivity index (χ1n) is 9.54. The van der Waals surface area contributed by atoms with Crippen molar-refractivity contribution in [2.75, 3.05) is 13.1 Å². The first-order chi connectivity index (χ1) is 12.5. The molecule has 2 aromatic heterocycles. The van der Waals surface area contributed by atoms with E-state index in [2.05, 4.69) is 24.0 Å². The number of aryl methyl sites for hydroxylation is 1. The Labute approximate surface area is 154 Å². The molecule has 0 radical (unpaired) electrons. The van der Waals surface area contributed by atoms with Crippen molar-refractivity contribution in [2.45, 2.75) is 51.9 Å². The van der Waals surface area contributed by atoms with Crippen LogP contribution in [0.5, 0.6) is 0 Å². The molecule has 6 heteroatoms. The molecule has 1 aliphatic heterocycles. The summed E-state index contributed by atoms with van der Waals surface area (Å²) in [7, 11) is 0. The lowest BCUT2D eigenvalue weighted by atomic mass is 9.80. The van der Waals surface area contributed by atoms with Crippen LogP contribution in [0, 0.1) is 18.8 Å². The summed E-state index contributed by atoms with van der Waals surface area (Å²) < 4.78 is 5.51. The summed E-state index contributed by atoms with van der Waals surface area (Å²) in [6, 6.07) is 5.59. The van der Waals surface area contributed by atoms with Crippen molar-refractivity contribution in [1.29, 1.82) is 0 Å². The third-order valence-electron chi connectivity index (χ3n) is 5.76. The number of hydrogen-bond acceptors (Lipinski definition) is 5. The smallest absolute Gasteiger partial charge is 0.272 e. The topological polar surface area (TPSA) is 72.1 Å². The van der Waals surface area contributed by atoms with Crippen molar-refractivity contribution in [3.8, 4) is 0 Å². The normalized spacial score (nSPS) is 25.1. The highest BCUT2D eigenvalue weighted by Gasteiger charge is 2.54. The second-order valence-electron chi connectivity index (χ2n) is 8.20. The summed E-state index contributed by atoms with van der Waals surface area (Å²) in [5, 5.41) is 4.33. The number of hydrogen-bond donors (Lipinski definition) is 0. The number of likely N-dealkylation sites (tertiary alicyclic amines) is 1. The van der Waals surface area contributed by atoms with Gasteiger partial charge in [-0.05, 0) is 43.7 Å². The summed E-state index contributed by atoms with van der Waals surface area (Å²) in [6.07, 6.45) is 4.08. The number of pyridine rings is 1. The van der Waals surface area contributed by atoms with E-state index in [1.165, 1.54) is 0 Å². The molecule has 2 aromatic rings. The lowest BCUT2D eigenvalue weighted by molar-refractivity contribution is 0.0771. The highest BCUT2D eigenvalue weighted by atomic mass is 16.5. The summed E-state index contributed by atoms with van der Waals surface area (Å²) in [5.41, 5.74) is 1.23. The fourth-order valence-electron chi connectivity index (χ4n) is 4.52. The summed E-state index contributed by atoms with van der Waals surface area (Å²) in [4.78, 5) is 24.0. The standard InChI is InChI=1S/C20H26N4O2/c1-13(2)10-17-22-19(23-26-17)20-9-5-7-15(20)11-24(12-20)18(25)16-8-4-6-14(3)21-16/h4,6,8,13,15H,5,7,9-12H2,1-3H3/t15-,20-/m1/s1. The van der Waals surface area contributed by atoms with Gasteiger partial charge in [0.25, 0.3) is 5.91 Å². The molecule has 1 saturated heterocycles. The molecule has 0 N–H and O–H groups in total. The summed E-state index contributed by atoms with van der Waals surface area (Å²) in [5.74, 6) is 2.40. The van der Waals surface area contributed by atoms with Crippen LogP contribution in [-0.4, -0.2) is 39.0 Å². The Bertz CT molecular complexity index is 816. The Morgan fingerprint density at radius 1 is 1.38 bits per heavy atom. The van der Waals surface area contributed by atoms with Gasteiger partial charge in [0.1, 0.15) is 5.69 Å². The fourth-order valence-corrected chi connectivity index (χ4v) is 4.52. The lowest BCUT2D eigenvalue weighted by Crippen LogP contribution is -2.35. The molecule has 0 unspecified atom stereocenters. The predicted octanol–water partition coefficient (Wildman–Crippen LogP) is 3.17. The average Bonchev–Trinajstić information content (AvgIpc) is 3.27. The maximum atomic E-state index is 13.0. The van der Waals surface area contributed by atoms with E-state index in [0.717, 1.165) is 43.7 Å². The molecular weight excluding hydrogens is 328 g/mol. The second kappa shape index (κ2) is 6.49. The number of fused-ring (bicyclic) bond motifs is 1. The van der Waals surface area contributed by atoms with Crippen LogP contribution in [0.2, 0.25) is 0 Å². The highest BCUT2D eigenvalue weighted by molar-refractivity contribution is 5.92. The highest BCUT2D eigenvalue weighted by Crippen LogP contribution is 2.49. The van der Waals surface area contributed by atoms with Gasteiger partial charge in [0.05, 0.1) is 5.41 Å². The molecule has 6 nitrogen and oxygen atoms in total. The van der Waals surface area contributed by atoms with Crippen molar-refractivity contribution < 1.29 is 9.32 Å². The van der Waals surface area contributed by atoms with Gasteiger partial charge in [0.2, 0.25) is 5.89 Å². The fraction of sp³-hybridized carbons (Fsp3) is 0.600. The number of nitrogens with zero attached hydrogens (tertiary/aromatic N) is 4. The van der Waals surface area contributed by atoms with Crippen LogP contribution >= 0.6 is 0 Å². The van der Waals surface area contributed by atoms with Gasteiger partial charge in [-0.25, -0.2) is 4.98 Å². The van der Waals surface area contributed by atoms with E-state index < -0.39 is 0 Å². The van der Waals surface area contributed by atoms with Crippen LogP contribution in [-0.2, 0) is 11.8 Å². The number of carbonyl (C=O) groups excluding carboxylic acids is 1. The molecule has 2 atom stereocenters. The molecule has 0 aromatic carbocycles. The zero-order valence-corrected chi connectivity index (χ0v) is 15.7. The van der Waals surface area contributed by atoms with E-state index in [1.807, 2.05) is 24.0 Å².